The summed E-state index contributed by atoms with van der Waals surface area (Å²) in [6.45, 7) is 5.98. The van der Waals surface area contributed by atoms with Crippen LogP contribution in [0.3, 0.4) is 0 Å². The van der Waals surface area contributed by atoms with Crippen molar-refractivity contribution in [2.45, 2.75) is 57.5 Å². The number of hydrogen-bond acceptors (Lipinski definition) is 1. The molecule has 4 bridgehead atoms. The van der Waals surface area contributed by atoms with E-state index in [1.807, 2.05) is 0 Å². The van der Waals surface area contributed by atoms with Crippen molar-refractivity contribution < 1.29 is 0 Å². The van der Waals surface area contributed by atoms with E-state index in [1.54, 1.807) is 5.56 Å². The van der Waals surface area contributed by atoms with Gasteiger partial charge in [-0.05, 0) is 56.0 Å². The van der Waals surface area contributed by atoms with E-state index in [2.05, 4.69) is 43.0 Å². The smallest absolute Gasteiger partial charge is 0.0135 e. The topological polar surface area (TPSA) is 3.24 Å². The molecule has 3 aliphatic rings. The highest BCUT2D eigenvalue weighted by Gasteiger charge is 2.54. The molecular weight excluding hydrogens is 230 g/mol. The largest absolute Gasteiger partial charge is 0.297 e. The van der Waals surface area contributed by atoms with Gasteiger partial charge in [0.05, 0.1) is 0 Å². The van der Waals surface area contributed by atoms with Gasteiger partial charge in [-0.3, -0.25) is 4.90 Å². The van der Waals surface area contributed by atoms with Crippen molar-refractivity contribution in [2.75, 3.05) is 6.54 Å². The van der Waals surface area contributed by atoms with Gasteiger partial charge in [-0.2, -0.15) is 0 Å². The van der Waals surface area contributed by atoms with Crippen molar-refractivity contribution in [3.8, 4) is 0 Å². The standard InChI is InChI=1S/C18H25N/c1-3-15-16(13-6-4-12(2)5-7-13)11-17-14-8-9-19(17)18(15)10-14/h4-7,14-18H,3,8-11H2,1-2H3/t14-,15-,16+,17-,18+/m0/s1. The van der Waals surface area contributed by atoms with Gasteiger partial charge >= 0.3 is 0 Å². The van der Waals surface area contributed by atoms with E-state index in [1.165, 1.54) is 37.8 Å². The Kier molecular flexibility index (Phi) is 2.73. The van der Waals surface area contributed by atoms with Gasteiger partial charge in [-0.25, -0.2) is 0 Å². The highest BCUT2D eigenvalue weighted by atomic mass is 15.3. The summed E-state index contributed by atoms with van der Waals surface area (Å²) in [5.74, 6) is 2.73. The zero-order chi connectivity index (χ0) is 13.0. The molecular formula is C18H25N. The lowest BCUT2D eigenvalue weighted by atomic mass is 9.75. The molecule has 3 fully saturated rings. The number of rotatable bonds is 2. The Hall–Kier alpha value is -0.820. The van der Waals surface area contributed by atoms with Crippen molar-refractivity contribution in [1.82, 2.24) is 4.90 Å². The SMILES string of the molecule is CC[C@H]1[C@@H](c2ccc(C)cc2)C[C@H]2[C@H]3CCN2[C@@H]1C3. The Morgan fingerprint density at radius 1 is 1.11 bits per heavy atom. The molecule has 1 nitrogen and oxygen atoms in total. The molecule has 1 unspecified atom stereocenters. The molecule has 1 aromatic carbocycles. The van der Waals surface area contributed by atoms with Crippen LogP contribution < -0.4 is 0 Å². The second kappa shape index (κ2) is 4.34. The van der Waals surface area contributed by atoms with E-state index < -0.39 is 0 Å². The number of piperidine rings is 2. The quantitative estimate of drug-likeness (QED) is 0.773. The van der Waals surface area contributed by atoms with Gasteiger partial charge in [-0.1, -0.05) is 43.2 Å². The summed E-state index contributed by atoms with van der Waals surface area (Å²) in [5, 5.41) is 0. The molecule has 3 saturated heterocycles. The molecule has 0 spiro atoms. The predicted octanol–water partition coefficient (Wildman–Crippen LogP) is 3.97. The molecule has 0 N–H and O–H groups in total. The molecule has 0 aromatic heterocycles. The summed E-state index contributed by atoms with van der Waals surface area (Å²) < 4.78 is 0. The highest BCUT2D eigenvalue weighted by Crippen LogP contribution is 2.54. The van der Waals surface area contributed by atoms with E-state index in [9.17, 15) is 0 Å². The highest BCUT2D eigenvalue weighted by molar-refractivity contribution is 5.28. The molecule has 6 atom stereocenters. The lowest BCUT2D eigenvalue weighted by Gasteiger charge is -2.43. The normalized spacial score (nSPS) is 43.7. The third-order valence-electron chi connectivity index (χ3n) is 6.18. The Bertz CT molecular complexity index is 463. The first-order valence-corrected chi connectivity index (χ1v) is 8.10. The zero-order valence-corrected chi connectivity index (χ0v) is 12.2. The molecule has 0 saturated carbocycles. The molecule has 3 heterocycles. The Balaban J connectivity index is 1.67. The second-order valence-electron chi connectivity index (χ2n) is 6.98. The van der Waals surface area contributed by atoms with Gasteiger partial charge in [-0.15, -0.1) is 0 Å². The summed E-state index contributed by atoms with van der Waals surface area (Å²) in [4.78, 5) is 2.86. The number of aryl methyl sites for hydroxylation is 1. The monoisotopic (exact) mass is 255 g/mol. The van der Waals surface area contributed by atoms with Crippen molar-refractivity contribution in [2.24, 2.45) is 11.8 Å². The molecule has 102 valence electrons. The van der Waals surface area contributed by atoms with Gasteiger partial charge in [0.25, 0.3) is 0 Å². The van der Waals surface area contributed by atoms with E-state index in [4.69, 9.17) is 0 Å². The summed E-state index contributed by atoms with van der Waals surface area (Å²) in [5.41, 5.74) is 2.99. The minimum absolute atomic E-state index is 0.819. The molecule has 1 heteroatoms. The molecule has 1 aromatic rings. The van der Waals surface area contributed by atoms with Crippen molar-refractivity contribution in [1.29, 1.82) is 0 Å². The van der Waals surface area contributed by atoms with E-state index >= 15 is 0 Å². The minimum Gasteiger partial charge on any atom is -0.297 e. The Labute approximate surface area is 117 Å². The Morgan fingerprint density at radius 2 is 1.89 bits per heavy atom. The minimum atomic E-state index is 0.819. The van der Waals surface area contributed by atoms with Crippen molar-refractivity contribution in [3.63, 3.8) is 0 Å². The van der Waals surface area contributed by atoms with E-state index in [0.29, 0.717) is 0 Å². The van der Waals surface area contributed by atoms with Crippen LogP contribution in [0.4, 0.5) is 0 Å². The summed E-state index contributed by atoms with van der Waals surface area (Å²) >= 11 is 0. The van der Waals surface area contributed by atoms with Crippen LogP contribution in [0, 0.1) is 18.8 Å². The van der Waals surface area contributed by atoms with Crippen LogP contribution in [0.5, 0.6) is 0 Å². The summed E-state index contributed by atoms with van der Waals surface area (Å²) in [6.07, 6.45) is 5.73. The first-order chi connectivity index (χ1) is 9.28. The predicted molar refractivity (Wildman–Crippen MR) is 79.3 cm³/mol. The van der Waals surface area contributed by atoms with Crippen LogP contribution in [0.1, 0.15) is 49.7 Å². The third-order valence-corrected chi connectivity index (χ3v) is 6.18. The van der Waals surface area contributed by atoms with Crippen LogP contribution in [-0.4, -0.2) is 23.5 Å². The van der Waals surface area contributed by atoms with E-state index in [-0.39, 0.29) is 0 Å². The molecule has 4 rings (SSSR count). The van der Waals surface area contributed by atoms with Gasteiger partial charge < -0.3 is 0 Å². The summed E-state index contributed by atoms with van der Waals surface area (Å²) in [6, 6.07) is 11.2. The van der Waals surface area contributed by atoms with Gasteiger partial charge in [0.2, 0.25) is 0 Å². The maximum Gasteiger partial charge on any atom is 0.0135 e. The van der Waals surface area contributed by atoms with Gasteiger partial charge in [0.15, 0.2) is 0 Å². The molecule has 0 amide bonds. The fourth-order valence-electron chi connectivity index (χ4n) is 5.28. The average molecular weight is 255 g/mol. The molecule has 0 radical (unpaired) electrons. The van der Waals surface area contributed by atoms with Crippen molar-refractivity contribution in [3.05, 3.63) is 35.4 Å². The van der Waals surface area contributed by atoms with E-state index in [0.717, 1.165) is 29.8 Å². The molecule has 0 aliphatic carbocycles. The van der Waals surface area contributed by atoms with Crippen LogP contribution >= 0.6 is 0 Å². The molecule has 19 heavy (non-hydrogen) atoms. The number of benzene rings is 1. The second-order valence-corrected chi connectivity index (χ2v) is 6.98. The maximum atomic E-state index is 2.86. The lowest BCUT2D eigenvalue weighted by molar-refractivity contribution is 0.0871. The number of hydrogen-bond donors (Lipinski definition) is 0. The first kappa shape index (κ1) is 12.0. The Morgan fingerprint density at radius 3 is 2.63 bits per heavy atom. The van der Waals surface area contributed by atoms with Crippen LogP contribution in [0.25, 0.3) is 0 Å². The molecule has 3 aliphatic heterocycles. The summed E-state index contributed by atoms with van der Waals surface area (Å²) in [7, 11) is 0. The van der Waals surface area contributed by atoms with Crippen LogP contribution in [0.2, 0.25) is 0 Å². The van der Waals surface area contributed by atoms with Gasteiger partial charge in [0, 0.05) is 12.1 Å². The van der Waals surface area contributed by atoms with Crippen molar-refractivity contribution >= 4 is 0 Å². The maximum absolute atomic E-state index is 2.86. The fourth-order valence-corrected chi connectivity index (χ4v) is 5.28. The third kappa shape index (κ3) is 1.71. The number of nitrogens with zero attached hydrogens (tertiary/aromatic N) is 1. The van der Waals surface area contributed by atoms with Crippen LogP contribution in [-0.2, 0) is 0 Å². The van der Waals surface area contributed by atoms with Crippen LogP contribution in [0.15, 0.2) is 24.3 Å². The van der Waals surface area contributed by atoms with Gasteiger partial charge in [0.1, 0.15) is 0 Å². The average Bonchev–Trinajstić information content (AvgIpc) is 2.93. The zero-order valence-electron chi connectivity index (χ0n) is 12.2. The lowest BCUT2D eigenvalue weighted by Crippen LogP contribution is -2.46. The first-order valence-electron chi connectivity index (χ1n) is 8.10. The fraction of sp³-hybridized carbons (Fsp3) is 0.667.